The molecule has 1 spiro atoms. The molecule has 0 aliphatic carbocycles. The van der Waals surface area contributed by atoms with E-state index < -0.39 is 23.3 Å². The lowest BCUT2D eigenvalue weighted by atomic mass is 9.74. The number of urea groups is 1. The molecule has 1 atom stereocenters. The molecule has 0 aromatic heterocycles. The average molecular weight is 393 g/mol. The quantitative estimate of drug-likeness (QED) is 0.810. The Bertz CT molecular complexity index is 1000. The Balaban J connectivity index is 1.67. The van der Waals surface area contributed by atoms with E-state index in [9.17, 15) is 14.4 Å². The van der Waals surface area contributed by atoms with Crippen LogP contribution in [0.5, 0.6) is 5.75 Å². The first-order valence-corrected chi connectivity index (χ1v) is 9.45. The fraction of sp³-hybridized carbons (Fsp3) is 0.318. The molecule has 0 bridgehead atoms. The molecule has 2 aromatic carbocycles. The largest absolute Gasteiger partial charge is 0.497 e. The predicted octanol–water partition coefficient (Wildman–Crippen LogP) is 2.26. The highest BCUT2D eigenvalue weighted by atomic mass is 16.5. The summed E-state index contributed by atoms with van der Waals surface area (Å²) in [5, 5.41) is 2.40. The Labute approximate surface area is 169 Å². The van der Waals surface area contributed by atoms with Gasteiger partial charge in [0.25, 0.3) is 0 Å². The number of methoxy groups -OCH3 is 1. The molecule has 2 heterocycles. The number of rotatable bonds is 3. The minimum Gasteiger partial charge on any atom is -0.497 e. The van der Waals surface area contributed by atoms with Gasteiger partial charge in [0, 0.05) is 19.3 Å². The summed E-state index contributed by atoms with van der Waals surface area (Å²) in [4.78, 5) is 41.9. The Kier molecular flexibility index (Phi) is 4.53. The van der Waals surface area contributed by atoms with Crippen molar-refractivity contribution in [3.05, 3.63) is 59.2 Å². The van der Waals surface area contributed by atoms with Gasteiger partial charge in [0.2, 0.25) is 11.8 Å². The molecule has 2 aliphatic rings. The number of amides is 4. The van der Waals surface area contributed by atoms with E-state index in [2.05, 4.69) is 5.32 Å². The van der Waals surface area contributed by atoms with E-state index in [4.69, 9.17) is 4.74 Å². The molecule has 4 rings (SSSR count). The molecule has 0 radical (unpaired) electrons. The van der Waals surface area contributed by atoms with Gasteiger partial charge in [-0.2, -0.15) is 0 Å². The third-order valence-corrected chi connectivity index (χ3v) is 5.70. The fourth-order valence-corrected chi connectivity index (χ4v) is 4.18. The van der Waals surface area contributed by atoms with Crippen molar-refractivity contribution < 1.29 is 19.1 Å². The summed E-state index contributed by atoms with van der Waals surface area (Å²) in [6, 6.07) is 12.5. The molecule has 0 saturated carbocycles. The first kappa shape index (κ1) is 19.0. The summed E-state index contributed by atoms with van der Waals surface area (Å²) in [6.07, 6.45) is 0.269. The van der Waals surface area contributed by atoms with E-state index in [-0.39, 0.29) is 19.5 Å². The zero-order valence-electron chi connectivity index (χ0n) is 16.7. The van der Waals surface area contributed by atoms with Crippen LogP contribution in [0.1, 0.15) is 16.7 Å². The van der Waals surface area contributed by atoms with Gasteiger partial charge < -0.3 is 9.64 Å². The van der Waals surface area contributed by atoms with Crippen LogP contribution in [0, 0.1) is 12.3 Å². The number of carbonyl (C=O) groups is 3. The number of anilines is 1. The number of benzene rings is 2. The minimum absolute atomic E-state index is 0.0913. The van der Waals surface area contributed by atoms with Crippen LogP contribution in [-0.2, 0) is 22.6 Å². The van der Waals surface area contributed by atoms with Crippen molar-refractivity contribution in [2.45, 2.75) is 19.9 Å². The third-order valence-electron chi connectivity index (χ3n) is 5.70. The maximum atomic E-state index is 13.5. The molecule has 7 nitrogen and oxygen atoms in total. The highest BCUT2D eigenvalue weighted by molar-refractivity contribution is 6.20. The number of nitrogens with zero attached hydrogens (tertiary/aromatic N) is 2. The Hall–Kier alpha value is -3.35. The van der Waals surface area contributed by atoms with E-state index in [1.165, 1.54) is 0 Å². The van der Waals surface area contributed by atoms with E-state index in [0.717, 1.165) is 27.3 Å². The zero-order valence-corrected chi connectivity index (χ0v) is 16.7. The third kappa shape index (κ3) is 3.12. The minimum atomic E-state index is -1.32. The highest BCUT2D eigenvalue weighted by Crippen LogP contribution is 2.39. The van der Waals surface area contributed by atoms with Gasteiger partial charge in [-0.25, -0.2) is 4.79 Å². The summed E-state index contributed by atoms with van der Waals surface area (Å²) < 4.78 is 5.15. The lowest BCUT2D eigenvalue weighted by Crippen LogP contribution is -2.68. The number of nitrogens with one attached hydrogen (secondary N) is 1. The molecule has 0 unspecified atom stereocenters. The van der Waals surface area contributed by atoms with Crippen molar-refractivity contribution in [1.29, 1.82) is 0 Å². The zero-order chi connectivity index (χ0) is 20.8. The van der Waals surface area contributed by atoms with Crippen LogP contribution in [0.3, 0.4) is 0 Å². The van der Waals surface area contributed by atoms with Gasteiger partial charge in [0.05, 0.1) is 13.7 Å². The maximum Gasteiger partial charge on any atom is 0.331 e. The molecule has 29 heavy (non-hydrogen) atoms. The Morgan fingerprint density at radius 2 is 1.83 bits per heavy atom. The van der Waals surface area contributed by atoms with E-state index in [0.29, 0.717) is 5.75 Å². The Morgan fingerprint density at radius 3 is 2.52 bits per heavy atom. The maximum absolute atomic E-state index is 13.5. The van der Waals surface area contributed by atoms with E-state index in [1.54, 1.807) is 31.4 Å². The molecule has 7 heteroatoms. The van der Waals surface area contributed by atoms with Crippen molar-refractivity contribution in [2.75, 3.05) is 25.6 Å². The molecule has 2 aromatic rings. The second kappa shape index (κ2) is 6.92. The van der Waals surface area contributed by atoms with Crippen molar-refractivity contribution >= 4 is 23.5 Å². The number of barbiturate groups is 1. The number of ether oxygens (including phenoxy) is 1. The summed E-state index contributed by atoms with van der Waals surface area (Å²) >= 11 is 0. The number of fused-ring (bicyclic) bond motifs is 1. The summed E-state index contributed by atoms with van der Waals surface area (Å²) in [5.74, 6) is -0.297. The molecule has 1 fully saturated rings. The van der Waals surface area contributed by atoms with Crippen molar-refractivity contribution in [3.63, 3.8) is 0 Å². The Morgan fingerprint density at radius 1 is 1.10 bits per heavy atom. The topological polar surface area (TPSA) is 79.0 Å². The van der Waals surface area contributed by atoms with Crippen LogP contribution in [0.4, 0.5) is 10.5 Å². The van der Waals surface area contributed by atoms with Gasteiger partial charge in [-0.3, -0.25) is 19.8 Å². The van der Waals surface area contributed by atoms with Gasteiger partial charge in [-0.1, -0.05) is 29.8 Å². The first-order valence-electron chi connectivity index (χ1n) is 9.45. The van der Waals surface area contributed by atoms with Crippen LogP contribution in [-0.4, -0.2) is 43.4 Å². The van der Waals surface area contributed by atoms with Crippen LogP contribution in [0.2, 0.25) is 0 Å². The molecule has 150 valence electrons. The summed E-state index contributed by atoms with van der Waals surface area (Å²) in [6.45, 7) is 2.29. The summed E-state index contributed by atoms with van der Waals surface area (Å²) in [5.41, 5.74) is 2.44. The van der Waals surface area contributed by atoms with Gasteiger partial charge in [0.1, 0.15) is 11.2 Å². The molecule has 2 aliphatic heterocycles. The highest BCUT2D eigenvalue weighted by Gasteiger charge is 2.56. The van der Waals surface area contributed by atoms with Crippen molar-refractivity contribution in [2.24, 2.45) is 5.41 Å². The van der Waals surface area contributed by atoms with Crippen molar-refractivity contribution in [1.82, 2.24) is 10.2 Å². The number of carbonyl (C=O) groups excluding carboxylic acids is 3. The number of imide groups is 2. The first-order chi connectivity index (χ1) is 13.8. The van der Waals surface area contributed by atoms with Crippen LogP contribution in [0.15, 0.2) is 42.5 Å². The molecular weight excluding hydrogens is 370 g/mol. The standard InChI is InChI=1S/C22H23N3O4/c1-14-4-9-18-16(10-14)11-22(13-24(18)2)19(26)23-21(28)25(20(22)27)12-15-5-7-17(29-3)8-6-15/h4-10H,11-13H2,1-3H3,(H,23,26,28)/t22-/m1/s1. The van der Waals surface area contributed by atoms with Crippen molar-refractivity contribution in [3.8, 4) is 5.75 Å². The number of aryl methyl sites for hydroxylation is 1. The lowest BCUT2D eigenvalue weighted by Gasteiger charge is -2.45. The molecule has 1 saturated heterocycles. The monoisotopic (exact) mass is 393 g/mol. The smallest absolute Gasteiger partial charge is 0.331 e. The van der Waals surface area contributed by atoms with Gasteiger partial charge in [-0.05, 0) is 42.7 Å². The van der Waals surface area contributed by atoms with Gasteiger partial charge >= 0.3 is 6.03 Å². The second-order valence-electron chi connectivity index (χ2n) is 7.75. The molecule has 1 N–H and O–H groups in total. The lowest BCUT2D eigenvalue weighted by molar-refractivity contribution is -0.151. The van der Waals surface area contributed by atoms with E-state index in [1.807, 2.05) is 37.1 Å². The second-order valence-corrected chi connectivity index (χ2v) is 7.75. The molecule has 4 amide bonds. The van der Waals surface area contributed by atoms with E-state index >= 15 is 0 Å². The average Bonchev–Trinajstić information content (AvgIpc) is 2.70. The van der Waals surface area contributed by atoms with Crippen LogP contribution >= 0.6 is 0 Å². The predicted molar refractivity (Wildman–Crippen MR) is 108 cm³/mol. The SMILES string of the molecule is COc1ccc(CN2C(=O)NC(=O)[C@]3(Cc4cc(C)ccc4N(C)C3)C2=O)cc1. The van der Waals surface area contributed by atoms with Crippen LogP contribution < -0.4 is 15.0 Å². The van der Waals surface area contributed by atoms with Gasteiger partial charge in [-0.15, -0.1) is 0 Å². The summed E-state index contributed by atoms with van der Waals surface area (Å²) in [7, 11) is 3.44. The number of hydrogen-bond donors (Lipinski definition) is 1. The molecular formula is C22H23N3O4. The normalized spacial score (nSPS) is 21.3. The number of hydrogen-bond acceptors (Lipinski definition) is 5. The van der Waals surface area contributed by atoms with Crippen LogP contribution in [0.25, 0.3) is 0 Å². The fourth-order valence-electron chi connectivity index (χ4n) is 4.18. The van der Waals surface area contributed by atoms with Gasteiger partial charge in [0.15, 0.2) is 0 Å².